The normalized spacial score (nSPS) is 21.2. The van der Waals surface area contributed by atoms with Gasteiger partial charge in [-0.1, -0.05) is 18.2 Å². The zero-order valence-corrected chi connectivity index (χ0v) is 12.2. The summed E-state index contributed by atoms with van der Waals surface area (Å²) < 4.78 is 43.9. The molecular formula is C15H17F3N2O3. The Morgan fingerprint density at radius 2 is 1.96 bits per heavy atom. The van der Waals surface area contributed by atoms with Crippen molar-refractivity contribution in [1.82, 2.24) is 5.32 Å². The molecule has 0 bridgehead atoms. The fourth-order valence-corrected chi connectivity index (χ4v) is 2.48. The summed E-state index contributed by atoms with van der Waals surface area (Å²) in [5.41, 5.74) is 4.22. The number of rotatable bonds is 5. The van der Waals surface area contributed by atoms with E-state index in [1.165, 1.54) is 18.2 Å². The van der Waals surface area contributed by atoms with Crippen LogP contribution in [-0.4, -0.2) is 30.6 Å². The van der Waals surface area contributed by atoms with E-state index >= 15 is 0 Å². The van der Waals surface area contributed by atoms with Crippen LogP contribution in [0.1, 0.15) is 24.0 Å². The van der Waals surface area contributed by atoms with Crippen molar-refractivity contribution in [1.29, 1.82) is 0 Å². The third-order valence-electron chi connectivity index (χ3n) is 3.63. The highest BCUT2D eigenvalue weighted by molar-refractivity contribution is 5.79. The highest BCUT2D eigenvalue weighted by atomic mass is 19.4. The molecule has 1 aliphatic heterocycles. The first kappa shape index (κ1) is 17.3. The third kappa shape index (κ3) is 4.69. The van der Waals surface area contributed by atoms with E-state index in [0.717, 1.165) is 6.07 Å². The minimum Gasteiger partial charge on any atom is -0.367 e. The molecule has 5 nitrogen and oxygen atoms in total. The molecule has 0 saturated carbocycles. The first-order chi connectivity index (χ1) is 10.8. The minimum atomic E-state index is -4.50. The van der Waals surface area contributed by atoms with Crippen LogP contribution in [0.15, 0.2) is 24.3 Å². The lowest BCUT2D eigenvalue weighted by molar-refractivity contribution is -0.138. The van der Waals surface area contributed by atoms with Crippen molar-refractivity contribution in [2.45, 2.75) is 37.6 Å². The predicted molar refractivity (Wildman–Crippen MR) is 75.2 cm³/mol. The Bertz CT molecular complexity index is 590. The fourth-order valence-electron chi connectivity index (χ4n) is 2.48. The van der Waals surface area contributed by atoms with E-state index in [0.29, 0.717) is 12.8 Å². The summed E-state index contributed by atoms with van der Waals surface area (Å²) in [6, 6.07) is 4.95. The Kier molecular flexibility index (Phi) is 5.25. The molecule has 0 aliphatic carbocycles. The van der Waals surface area contributed by atoms with Gasteiger partial charge in [-0.15, -0.1) is 0 Å². The fraction of sp³-hybridized carbons (Fsp3) is 0.467. The zero-order chi connectivity index (χ0) is 17.0. The summed E-state index contributed by atoms with van der Waals surface area (Å²) in [6.45, 7) is 0.136. The van der Waals surface area contributed by atoms with E-state index in [-0.39, 0.29) is 24.6 Å². The van der Waals surface area contributed by atoms with Crippen molar-refractivity contribution in [2.24, 2.45) is 5.73 Å². The molecule has 1 saturated heterocycles. The lowest BCUT2D eigenvalue weighted by Gasteiger charge is -2.14. The van der Waals surface area contributed by atoms with E-state index in [1.807, 2.05) is 0 Å². The Balaban J connectivity index is 1.88. The van der Waals surface area contributed by atoms with Crippen molar-refractivity contribution in [3.63, 3.8) is 0 Å². The number of ether oxygens (including phenoxy) is 1. The molecule has 2 rings (SSSR count). The Morgan fingerprint density at radius 3 is 2.57 bits per heavy atom. The number of carbonyl (C=O) groups is 2. The number of hydrogen-bond acceptors (Lipinski definition) is 3. The van der Waals surface area contributed by atoms with Gasteiger partial charge in [0.05, 0.1) is 18.1 Å². The topological polar surface area (TPSA) is 81.4 Å². The van der Waals surface area contributed by atoms with Crippen molar-refractivity contribution < 1.29 is 27.5 Å². The second-order valence-electron chi connectivity index (χ2n) is 5.36. The van der Waals surface area contributed by atoms with Crippen LogP contribution in [0.2, 0.25) is 0 Å². The van der Waals surface area contributed by atoms with Crippen LogP contribution >= 0.6 is 0 Å². The van der Waals surface area contributed by atoms with Gasteiger partial charge in [0.25, 0.3) is 0 Å². The SMILES string of the molecule is NC(=O)C1CCC(CNC(=O)Cc2ccccc2C(F)(F)F)O1. The number of primary amides is 1. The standard InChI is InChI=1S/C15H17F3N2O3/c16-15(17,18)11-4-2-1-3-9(11)7-13(21)20-8-10-5-6-12(23-10)14(19)22/h1-4,10,12H,5-8H2,(H2,19,22)(H,20,21). The summed E-state index contributed by atoms with van der Waals surface area (Å²) in [4.78, 5) is 22.8. The number of halogens is 3. The molecule has 0 radical (unpaired) electrons. The third-order valence-corrected chi connectivity index (χ3v) is 3.63. The molecule has 2 unspecified atom stereocenters. The predicted octanol–water partition coefficient (Wildman–Crippen LogP) is 1.40. The second kappa shape index (κ2) is 6.99. The smallest absolute Gasteiger partial charge is 0.367 e. The summed E-state index contributed by atoms with van der Waals surface area (Å²) in [5, 5.41) is 2.53. The number of hydrogen-bond donors (Lipinski definition) is 2. The van der Waals surface area contributed by atoms with Crippen molar-refractivity contribution in [2.75, 3.05) is 6.54 Å². The Labute approximate surface area is 131 Å². The Morgan fingerprint density at radius 1 is 1.26 bits per heavy atom. The van der Waals surface area contributed by atoms with Crippen LogP contribution in [0.5, 0.6) is 0 Å². The highest BCUT2D eigenvalue weighted by Gasteiger charge is 2.33. The lowest BCUT2D eigenvalue weighted by Crippen LogP contribution is -2.35. The van der Waals surface area contributed by atoms with Crippen LogP contribution < -0.4 is 11.1 Å². The number of nitrogens with two attached hydrogens (primary N) is 1. The molecule has 1 aromatic carbocycles. The van der Waals surface area contributed by atoms with Gasteiger partial charge in [0.15, 0.2) is 0 Å². The molecule has 2 atom stereocenters. The second-order valence-corrected chi connectivity index (χ2v) is 5.36. The van der Waals surface area contributed by atoms with Gasteiger partial charge in [-0.2, -0.15) is 13.2 Å². The maximum absolute atomic E-state index is 12.9. The summed E-state index contributed by atoms with van der Waals surface area (Å²) in [5.74, 6) is -1.09. The lowest BCUT2D eigenvalue weighted by atomic mass is 10.0. The van der Waals surface area contributed by atoms with Gasteiger partial charge < -0.3 is 15.8 Å². The quantitative estimate of drug-likeness (QED) is 0.856. The molecule has 126 valence electrons. The van der Waals surface area contributed by atoms with Gasteiger partial charge in [0, 0.05) is 6.54 Å². The molecule has 3 N–H and O–H groups in total. The average molecular weight is 330 g/mol. The number of benzene rings is 1. The van der Waals surface area contributed by atoms with Gasteiger partial charge in [0.2, 0.25) is 11.8 Å². The summed E-state index contributed by atoms with van der Waals surface area (Å²) in [6.07, 6.45) is -4.85. The molecular weight excluding hydrogens is 313 g/mol. The molecule has 1 heterocycles. The number of carbonyl (C=O) groups excluding carboxylic acids is 2. The Hall–Kier alpha value is -2.09. The van der Waals surface area contributed by atoms with E-state index in [4.69, 9.17) is 10.5 Å². The van der Waals surface area contributed by atoms with E-state index < -0.39 is 29.7 Å². The van der Waals surface area contributed by atoms with Crippen LogP contribution in [0.3, 0.4) is 0 Å². The van der Waals surface area contributed by atoms with Gasteiger partial charge in [-0.3, -0.25) is 9.59 Å². The monoisotopic (exact) mass is 330 g/mol. The molecule has 2 amide bonds. The van der Waals surface area contributed by atoms with Crippen LogP contribution in [-0.2, 0) is 26.9 Å². The molecule has 1 fully saturated rings. The van der Waals surface area contributed by atoms with Crippen molar-refractivity contribution in [3.05, 3.63) is 35.4 Å². The summed E-state index contributed by atoms with van der Waals surface area (Å²) in [7, 11) is 0. The molecule has 1 aliphatic rings. The minimum absolute atomic E-state index is 0.0835. The molecule has 1 aromatic rings. The maximum Gasteiger partial charge on any atom is 0.416 e. The molecule has 0 aromatic heterocycles. The van der Waals surface area contributed by atoms with Gasteiger partial charge in [-0.05, 0) is 24.5 Å². The first-order valence-corrected chi connectivity index (χ1v) is 7.14. The van der Waals surface area contributed by atoms with Crippen LogP contribution in [0, 0.1) is 0 Å². The van der Waals surface area contributed by atoms with Crippen LogP contribution in [0.25, 0.3) is 0 Å². The average Bonchev–Trinajstić information content (AvgIpc) is 2.94. The molecule has 0 spiro atoms. The zero-order valence-electron chi connectivity index (χ0n) is 12.2. The van der Waals surface area contributed by atoms with Crippen molar-refractivity contribution >= 4 is 11.8 Å². The number of amides is 2. The van der Waals surface area contributed by atoms with Gasteiger partial charge >= 0.3 is 6.18 Å². The van der Waals surface area contributed by atoms with Gasteiger partial charge in [0.1, 0.15) is 6.10 Å². The largest absolute Gasteiger partial charge is 0.416 e. The van der Waals surface area contributed by atoms with Gasteiger partial charge in [-0.25, -0.2) is 0 Å². The van der Waals surface area contributed by atoms with E-state index in [9.17, 15) is 22.8 Å². The molecule has 8 heteroatoms. The number of alkyl halides is 3. The number of nitrogens with one attached hydrogen (secondary N) is 1. The summed E-state index contributed by atoms with van der Waals surface area (Å²) >= 11 is 0. The van der Waals surface area contributed by atoms with Crippen LogP contribution in [0.4, 0.5) is 13.2 Å². The van der Waals surface area contributed by atoms with E-state index in [2.05, 4.69) is 5.32 Å². The first-order valence-electron chi connectivity index (χ1n) is 7.14. The molecule has 23 heavy (non-hydrogen) atoms. The maximum atomic E-state index is 12.9. The highest BCUT2D eigenvalue weighted by Crippen LogP contribution is 2.32. The van der Waals surface area contributed by atoms with Crippen molar-refractivity contribution in [3.8, 4) is 0 Å². The van der Waals surface area contributed by atoms with E-state index in [1.54, 1.807) is 0 Å².